The van der Waals surface area contributed by atoms with Crippen LogP contribution >= 0.6 is 35.4 Å². The van der Waals surface area contributed by atoms with Crippen LogP contribution in [0.3, 0.4) is 0 Å². The summed E-state index contributed by atoms with van der Waals surface area (Å²) in [5.41, 5.74) is 3.33. The van der Waals surface area contributed by atoms with Gasteiger partial charge in [-0.1, -0.05) is 83.9 Å². The first kappa shape index (κ1) is 19.7. The summed E-state index contributed by atoms with van der Waals surface area (Å²) in [5, 5.41) is 8.07. The molecule has 0 atom stereocenters. The van der Waals surface area contributed by atoms with E-state index in [2.05, 4.69) is 59.2 Å². The molecule has 2 nitrogen and oxygen atoms in total. The van der Waals surface area contributed by atoms with Gasteiger partial charge in [0.05, 0.1) is 10.7 Å². The zero-order chi connectivity index (χ0) is 19.1. The fourth-order valence-electron chi connectivity index (χ4n) is 2.98. The second-order valence-electron chi connectivity index (χ2n) is 6.17. The summed E-state index contributed by atoms with van der Waals surface area (Å²) >= 11 is 17.5. The monoisotopic (exact) mass is 414 g/mol. The molecule has 0 aliphatic heterocycles. The predicted molar refractivity (Wildman–Crippen MR) is 120 cm³/mol. The lowest BCUT2D eigenvalue weighted by atomic mass is 9.88. The van der Waals surface area contributed by atoms with E-state index in [1.807, 2.05) is 18.2 Å². The Hall–Kier alpha value is -2.07. The summed E-state index contributed by atoms with van der Waals surface area (Å²) in [6.45, 7) is 0.742. The zero-order valence-corrected chi connectivity index (χ0v) is 17.0. The Balaban J connectivity index is 1.61. The van der Waals surface area contributed by atoms with Crippen molar-refractivity contribution in [1.82, 2.24) is 5.32 Å². The Morgan fingerprint density at radius 1 is 0.852 bits per heavy atom. The van der Waals surface area contributed by atoms with Crippen molar-refractivity contribution in [2.75, 3.05) is 11.9 Å². The molecule has 3 rings (SSSR count). The molecule has 0 saturated carbocycles. The maximum atomic E-state index is 6.18. The first-order chi connectivity index (χ1) is 13.1. The third-order valence-corrected chi connectivity index (χ3v) is 5.10. The lowest BCUT2D eigenvalue weighted by Crippen LogP contribution is -2.30. The van der Waals surface area contributed by atoms with E-state index >= 15 is 0 Å². The Morgan fingerprint density at radius 2 is 1.44 bits per heavy atom. The highest BCUT2D eigenvalue weighted by Gasteiger charge is 2.13. The van der Waals surface area contributed by atoms with E-state index in [1.54, 1.807) is 12.1 Å². The molecule has 0 aliphatic rings. The van der Waals surface area contributed by atoms with Gasteiger partial charge in [0, 0.05) is 17.5 Å². The molecule has 0 spiro atoms. The molecule has 0 bridgehead atoms. The summed E-state index contributed by atoms with van der Waals surface area (Å²) in [7, 11) is 0. The van der Waals surface area contributed by atoms with Crippen LogP contribution in [-0.4, -0.2) is 11.7 Å². The minimum Gasteiger partial charge on any atom is -0.362 e. The van der Waals surface area contributed by atoms with E-state index in [0.29, 0.717) is 21.1 Å². The van der Waals surface area contributed by atoms with Gasteiger partial charge >= 0.3 is 0 Å². The van der Waals surface area contributed by atoms with E-state index in [4.69, 9.17) is 35.4 Å². The molecule has 3 aromatic carbocycles. The molecule has 5 heteroatoms. The van der Waals surface area contributed by atoms with Crippen LogP contribution in [0.25, 0.3) is 0 Å². The van der Waals surface area contributed by atoms with Crippen molar-refractivity contribution in [2.24, 2.45) is 0 Å². The van der Waals surface area contributed by atoms with Gasteiger partial charge in [0.2, 0.25) is 0 Å². The molecular weight excluding hydrogens is 395 g/mol. The van der Waals surface area contributed by atoms with Gasteiger partial charge in [0.25, 0.3) is 0 Å². The maximum absolute atomic E-state index is 6.18. The molecule has 0 aromatic heterocycles. The molecule has 0 aliphatic carbocycles. The summed E-state index contributed by atoms with van der Waals surface area (Å²) in [4.78, 5) is 0. The van der Waals surface area contributed by atoms with Gasteiger partial charge < -0.3 is 10.6 Å². The number of rotatable bonds is 6. The van der Waals surface area contributed by atoms with Crippen LogP contribution in [0, 0.1) is 0 Å². The highest BCUT2D eigenvalue weighted by atomic mass is 35.5. The predicted octanol–water partition coefficient (Wildman–Crippen LogP) is 6.50. The van der Waals surface area contributed by atoms with Crippen molar-refractivity contribution < 1.29 is 0 Å². The quantitative estimate of drug-likeness (QED) is 0.449. The highest BCUT2D eigenvalue weighted by Crippen LogP contribution is 2.28. The van der Waals surface area contributed by atoms with Crippen molar-refractivity contribution in [3.63, 3.8) is 0 Å². The second kappa shape index (κ2) is 9.75. The SMILES string of the molecule is S=C(NCCC(c1ccccc1)c1ccccc1)Nc1ccc(Cl)cc1Cl. The molecule has 0 amide bonds. The Labute approximate surface area is 175 Å². The van der Waals surface area contributed by atoms with E-state index in [0.717, 1.165) is 18.7 Å². The molecule has 0 radical (unpaired) electrons. The zero-order valence-electron chi connectivity index (χ0n) is 14.7. The molecule has 3 aromatic rings. The largest absolute Gasteiger partial charge is 0.362 e. The first-order valence-electron chi connectivity index (χ1n) is 8.73. The summed E-state index contributed by atoms with van der Waals surface area (Å²) in [6, 6.07) is 26.3. The molecule has 138 valence electrons. The van der Waals surface area contributed by atoms with Crippen LogP contribution in [-0.2, 0) is 0 Å². The smallest absolute Gasteiger partial charge is 0.170 e. The first-order valence-corrected chi connectivity index (χ1v) is 9.89. The van der Waals surface area contributed by atoms with Gasteiger partial charge in [0.1, 0.15) is 0 Å². The lowest BCUT2D eigenvalue weighted by molar-refractivity contribution is 0.694. The number of hydrogen-bond acceptors (Lipinski definition) is 1. The molecule has 0 unspecified atom stereocenters. The van der Waals surface area contributed by atoms with Crippen LogP contribution in [0.4, 0.5) is 5.69 Å². The van der Waals surface area contributed by atoms with Gasteiger partial charge in [-0.25, -0.2) is 0 Å². The number of anilines is 1. The third-order valence-electron chi connectivity index (χ3n) is 4.30. The minimum absolute atomic E-state index is 0.307. The molecule has 27 heavy (non-hydrogen) atoms. The topological polar surface area (TPSA) is 24.1 Å². The lowest BCUT2D eigenvalue weighted by Gasteiger charge is -2.19. The average Bonchev–Trinajstić information content (AvgIpc) is 2.69. The second-order valence-corrected chi connectivity index (χ2v) is 7.42. The number of nitrogens with one attached hydrogen (secondary N) is 2. The van der Waals surface area contributed by atoms with E-state index in [-0.39, 0.29) is 0 Å². The van der Waals surface area contributed by atoms with Gasteiger partial charge in [-0.3, -0.25) is 0 Å². The summed E-state index contributed by atoms with van der Waals surface area (Å²) in [6.07, 6.45) is 0.921. The molecule has 0 fully saturated rings. The van der Waals surface area contributed by atoms with Gasteiger partial charge in [-0.2, -0.15) is 0 Å². The van der Waals surface area contributed by atoms with Crippen LogP contribution in [0.2, 0.25) is 10.0 Å². The van der Waals surface area contributed by atoms with Crippen LogP contribution < -0.4 is 10.6 Å². The Bertz CT molecular complexity index is 846. The molecular formula is C22H20Cl2N2S. The Kier molecular flexibility index (Phi) is 7.11. The number of benzene rings is 3. The van der Waals surface area contributed by atoms with Crippen molar-refractivity contribution in [2.45, 2.75) is 12.3 Å². The van der Waals surface area contributed by atoms with Crippen molar-refractivity contribution in [1.29, 1.82) is 0 Å². The minimum atomic E-state index is 0.307. The molecule has 0 saturated heterocycles. The normalized spacial score (nSPS) is 10.6. The average molecular weight is 415 g/mol. The van der Waals surface area contributed by atoms with Gasteiger partial charge in [0.15, 0.2) is 5.11 Å². The maximum Gasteiger partial charge on any atom is 0.170 e. The van der Waals surface area contributed by atoms with Crippen molar-refractivity contribution in [3.8, 4) is 0 Å². The van der Waals surface area contributed by atoms with Gasteiger partial charge in [-0.05, 0) is 48.0 Å². The standard InChI is InChI=1S/C22H20Cl2N2S/c23-18-11-12-21(20(24)15-18)26-22(27)25-14-13-19(16-7-3-1-4-8-16)17-9-5-2-6-10-17/h1-12,15,19H,13-14H2,(H2,25,26,27). The van der Waals surface area contributed by atoms with E-state index in [9.17, 15) is 0 Å². The number of halogens is 2. The van der Waals surface area contributed by atoms with Crippen molar-refractivity contribution in [3.05, 3.63) is 100 Å². The molecule has 0 heterocycles. The van der Waals surface area contributed by atoms with E-state index in [1.165, 1.54) is 11.1 Å². The van der Waals surface area contributed by atoms with E-state index < -0.39 is 0 Å². The molecule has 2 N–H and O–H groups in total. The third kappa shape index (κ3) is 5.70. The number of thiocarbonyl (C=S) groups is 1. The number of hydrogen-bond donors (Lipinski definition) is 2. The van der Waals surface area contributed by atoms with Crippen LogP contribution in [0.5, 0.6) is 0 Å². The fraction of sp³-hybridized carbons (Fsp3) is 0.136. The van der Waals surface area contributed by atoms with Crippen LogP contribution in [0.15, 0.2) is 78.9 Å². The van der Waals surface area contributed by atoms with Crippen LogP contribution in [0.1, 0.15) is 23.5 Å². The fourth-order valence-corrected chi connectivity index (χ4v) is 3.65. The highest BCUT2D eigenvalue weighted by molar-refractivity contribution is 7.80. The summed E-state index contributed by atoms with van der Waals surface area (Å²) in [5.74, 6) is 0.307. The Morgan fingerprint density at radius 3 is 2.00 bits per heavy atom. The van der Waals surface area contributed by atoms with Gasteiger partial charge in [-0.15, -0.1) is 0 Å². The van der Waals surface area contributed by atoms with Crippen molar-refractivity contribution >= 4 is 46.2 Å². The summed E-state index contributed by atoms with van der Waals surface area (Å²) < 4.78 is 0.